The third kappa shape index (κ3) is 3.05. The molecule has 0 saturated carbocycles. The molecule has 3 nitrogen and oxygen atoms in total. The van der Waals surface area contributed by atoms with E-state index in [0.717, 1.165) is 10.8 Å². The molecule has 0 fully saturated rings. The Morgan fingerprint density at radius 2 is 1.70 bits per heavy atom. The van der Waals surface area contributed by atoms with Crippen LogP contribution in [0.5, 0.6) is 0 Å². The highest BCUT2D eigenvalue weighted by atomic mass is 79.9. The molecular formula is C15H18BrNO2S. The van der Waals surface area contributed by atoms with Crippen LogP contribution in [0.1, 0.15) is 20.8 Å². The summed E-state index contributed by atoms with van der Waals surface area (Å²) in [6, 6.07) is 12.8. The maximum Gasteiger partial charge on any atom is 0.241 e. The Morgan fingerprint density at radius 1 is 1.10 bits per heavy atom. The zero-order chi connectivity index (χ0) is 15.0. The van der Waals surface area contributed by atoms with Crippen molar-refractivity contribution in [2.45, 2.75) is 36.0 Å². The third-order valence-corrected chi connectivity index (χ3v) is 6.31. The van der Waals surface area contributed by atoms with Crippen LogP contribution in [0.25, 0.3) is 10.8 Å². The van der Waals surface area contributed by atoms with E-state index in [1.54, 1.807) is 12.1 Å². The van der Waals surface area contributed by atoms with Crippen LogP contribution in [-0.2, 0) is 10.0 Å². The van der Waals surface area contributed by atoms with Gasteiger partial charge < -0.3 is 0 Å². The molecule has 2 rings (SSSR count). The molecule has 0 bridgehead atoms. The molecule has 2 aromatic carbocycles. The minimum Gasteiger partial charge on any atom is -0.207 e. The van der Waals surface area contributed by atoms with Crippen LogP contribution in [0.2, 0.25) is 0 Å². The van der Waals surface area contributed by atoms with E-state index in [2.05, 4.69) is 20.7 Å². The highest BCUT2D eigenvalue weighted by molar-refractivity contribution is 9.09. The summed E-state index contributed by atoms with van der Waals surface area (Å²) in [5.41, 5.74) is -0.574. The van der Waals surface area contributed by atoms with Crippen molar-refractivity contribution in [3.63, 3.8) is 0 Å². The molecule has 5 heteroatoms. The minimum atomic E-state index is -3.57. The van der Waals surface area contributed by atoms with E-state index in [-0.39, 0.29) is 4.83 Å². The Morgan fingerprint density at radius 3 is 2.35 bits per heavy atom. The van der Waals surface area contributed by atoms with Gasteiger partial charge in [0.05, 0.1) is 4.90 Å². The molecule has 0 amide bonds. The number of halogens is 1. The molecule has 2 aromatic rings. The average molecular weight is 356 g/mol. The summed E-state index contributed by atoms with van der Waals surface area (Å²) >= 11 is 3.44. The Kier molecular flexibility index (Phi) is 4.23. The van der Waals surface area contributed by atoms with E-state index in [1.807, 2.05) is 51.1 Å². The quantitative estimate of drug-likeness (QED) is 0.850. The molecule has 20 heavy (non-hydrogen) atoms. The number of fused-ring (bicyclic) bond motifs is 1. The summed E-state index contributed by atoms with van der Waals surface area (Å²) in [6.07, 6.45) is 0. The molecule has 0 heterocycles. The number of hydrogen-bond acceptors (Lipinski definition) is 2. The SMILES string of the molecule is CC(Br)C(C)(C)NS(=O)(=O)c1cccc2ccccc12. The first-order chi connectivity index (χ1) is 9.24. The molecule has 0 spiro atoms. The lowest BCUT2D eigenvalue weighted by atomic mass is 10.0. The van der Waals surface area contributed by atoms with E-state index in [4.69, 9.17) is 0 Å². The van der Waals surface area contributed by atoms with Gasteiger partial charge in [-0.2, -0.15) is 0 Å². The zero-order valence-electron chi connectivity index (χ0n) is 11.7. The van der Waals surface area contributed by atoms with Crippen LogP contribution < -0.4 is 4.72 Å². The van der Waals surface area contributed by atoms with Gasteiger partial charge in [0.1, 0.15) is 0 Å². The van der Waals surface area contributed by atoms with Gasteiger partial charge in [-0.05, 0) is 25.3 Å². The first-order valence-electron chi connectivity index (χ1n) is 6.40. The van der Waals surface area contributed by atoms with Crippen molar-refractivity contribution in [2.75, 3.05) is 0 Å². The van der Waals surface area contributed by atoms with Crippen molar-refractivity contribution < 1.29 is 8.42 Å². The molecule has 108 valence electrons. The normalized spacial score (nSPS) is 14.4. The summed E-state index contributed by atoms with van der Waals surface area (Å²) in [6.45, 7) is 5.63. The van der Waals surface area contributed by atoms with E-state index >= 15 is 0 Å². The second-order valence-electron chi connectivity index (χ2n) is 5.42. The van der Waals surface area contributed by atoms with E-state index in [9.17, 15) is 8.42 Å². The molecule has 1 unspecified atom stereocenters. The summed E-state index contributed by atoms with van der Waals surface area (Å²) in [4.78, 5) is 0.330. The predicted molar refractivity (Wildman–Crippen MR) is 86.7 cm³/mol. The lowest BCUT2D eigenvalue weighted by molar-refractivity contribution is 0.454. The molecule has 0 aliphatic rings. The summed E-state index contributed by atoms with van der Waals surface area (Å²) in [5, 5.41) is 1.65. The standard InChI is InChI=1S/C15H18BrNO2S/c1-11(16)15(2,3)17-20(18,19)14-10-6-8-12-7-4-5-9-13(12)14/h4-11,17H,1-3H3. The molecule has 0 aromatic heterocycles. The largest absolute Gasteiger partial charge is 0.241 e. The Balaban J connectivity index is 2.53. The van der Waals surface area contributed by atoms with Crippen LogP contribution >= 0.6 is 15.9 Å². The van der Waals surface area contributed by atoms with Gasteiger partial charge in [0.25, 0.3) is 0 Å². The van der Waals surface area contributed by atoms with Crippen LogP contribution in [0.15, 0.2) is 47.4 Å². The topological polar surface area (TPSA) is 46.2 Å². The lowest BCUT2D eigenvalue weighted by Crippen LogP contribution is -2.48. The van der Waals surface area contributed by atoms with Gasteiger partial charge in [-0.15, -0.1) is 0 Å². The highest BCUT2D eigenvalue weighted by Crippen LogP contribution is 2.25. The molecule has 0 aliphatic heterocycles. The monoisotopic (exact) mass is 355 g/mol. The maximum absolute atomic E-state index is 12.6. The van der Waals surface area contributed by atoms with Crippen molar-refractivity contribution in [3.05, 3.63) is 42.5 Å². The smallest absolute Gasteiger partial charge is 0.207 e. The van der Waals surface area contributed by atoms with Crippen molar-refractivity contribution in [1.82, 2.24) is 4.72 Å². The van der Waals surface area contributed by atoms with Crippen LogP contribution in [0.3, 0.4) is 0 Å². The van der Waals surface area contributed by atoms with Gasteiger partial charge in [-0.3, -0.25) is 0 Å². The van der Waals surface area contributed by atoms with Crippen molar-refractivity contribution in [2.24, 2.45) is 0 Å². The van der Waals surface area contributed by atoms with E-state index in [1.165, 1.54) is 0 Å². The van der Waals surface area contributed by atoms with Crippen molar-refractivity contribution in [1.29, 1.82) is 0 Å². The Hall–Kier alpha value is -0.910. The van der Waals surface area contributed by atoms with E-state index < -0.39 is 15.6 Å². The molecule has 0 saturated heterocycles. The number of hydrogen-bond donors (Lipinski definition) is 1. The Labute approximate surface area is 128 Å². The van der Waals surface area contributed by atoms with Crippen LogP contribution in [-0.4, -0.2) is 18.8 Å². The molecule has 0 radical (unpaired) electrons. The fourth-order valence-corrected chi connectivity index (χ4v) is 3.89. The summed E-state index contributed by atoms with van der Waals surface area (Å²) in [7, 11) is -3.57. The minimum absolute atomic E-state index is 0.0137. The summed E-state index contributed by atoms with van der Waals surface area (Å²) < 4.78 is 28.0. The van der Waals surface area contributed by atoms with Crippen molar-refractivity contribution >= 4 is 36.7 Å². The van der Waals surface area contributed by atoms with Gasteiger partial charge >= 0.3 is 0 Å². The molecule has 1 atom stereocenters. The highest BCUT2D eigenvalue weighted by Gasteiger charge is 2.30. The van der Waals surface area contributed by atoms with Gasteiger partial charge in [0.15, 0.2) is 0 Å². The lowest BCUT2D eigenvalue weighted by Gasteiger charge is -2.29. The van der Waals surface area contributed by atoms with Crippen LogP contribution in [0, 0.1) is 0 Å². The fraction of sp³-hybridized carbons (Fsp3) is 0.333. The second kappa shape index (κ2) is 5.47. The third-order valence-electron chi connectivity index (χ3n) is 3.43. The maximum atomic E-state index is 12.6. The molecule has 0 aliphatic carbocycles. The first-order valence-corrected chi connectivity index (χ1v) is 8.80. The number of benzene rings is 2. The molecule has 1 N–H and O–H groups in total. The van der Waals surface area contributed by atoms with Gasteiger partial charge in [0.2, 0.25) is 10.0 Å². The molecular weight excluding hydrogens is 338 g/mol. The van der Waals surface area contributed by atoms with Gasteiger partial charge in [0, 0.05) is 15.8 Å². The fourth-order valence-electron chi connectivity index (χ4n) is 1.91. The number of sulfonamides is 1. The van der Waals surface area contributed by atoms with Gasteiger partial charge in [-0.25, -0.2) is 13.1 Å². The predicted octanol–water partition coefficient (Wildman–Crippen LogP) is 3.68. The number of nitrogens with one attached hydrogen (secondary N) is 1. The Bertz CT molecular complexity index is 718. The average Bonchev–Trinajstić information content (AvgIpc) is 2.36. The second-order valence-corrected chi connectivity index (χ2v) is 8.44. The number of alkyl halides is 1. The van der Waals surface area contributed by atoms with Crippen molar-refractivity contribution in [3.8, 4) is 0 Å². The summed E-state index contributed by atoms with van der Waals surface area (Å²) in [5.74, 6) is 0. The zero-order valence-corrected chi connectivity index (χ0v) is 14.1. The van der Waals surface area contributed by atoms with Gasteiger partial charge in [-0.1, -0.05) is 59.3 Å². The first kappa shape index (κ1) is 15.5. The van der Waals surface area contributed by atoms with Crippen LogP contribution in [0.4, 0.5) is 0 Å². The van der Waals surface area contributed by atoms with E-state index in [0.29, 0.717) is 4.90 Å². The number of rotatable bonds is 4.